The van der Waals surface area contributed by atoms with Crippen molar-refractivity contribution in [1.82, 2.24) is 5.32 Å². The third-order valence-corrected chi connectivity index (χ3v) is 3.36. The molecule has 1 atom stereocenters. The second-order valence-electron chi connectivity index (χ2n) is 6.14. The van der Waals surface area contributed by atoms with Crippen LogP contribution in [0.4, 0.5) is 0 Å². The zero-order chi connectivity index (χ0) is 14.6. The van der Waals surface area contributed by atoms with E-state index in [4.69, 9.17) is 5.73 Å². The Morgan fingerprint density at radius 3 is 2.45 bits per heavy atom. The molecule has 114 valence electrons. The van der Waals surface area contributed by atoms with Crippen molar-refractivity contribution in [3.05, 3.63) is 34.9 Å². The van der Waals surface area contributed by atoms with Crippen molar-refractivity contribution in [3.63, 3.8) is 0 Å². The monoisotopic (exact) mass is 298 g/mol. The highest BCUT2D eigenvalue weighted by atomic mass is 35.5. The molecule has 0 aliphatic rings. The van der Waals surface area contributed by atoms with Gasteiger partial charge in [0.2, 0.25) is 0 Å². The summed E-state index contributed by atoms with van der Waals surface area (Å²) in [6.45, 7) is 10.7. The molecule has 0 aromatic heterocycles. The van der Waals surface area contributed by atoms with Crippen molar-refractivity contribution >= 4 is 18.3 Å². The number of nitrogens with two attached hydrogens (primary N) is 1. The number of hydrogen-bond acceptors (Lipinski definition) is 2. The highest BCUT2D eigenvalue weighted by Gasteiger charge is 2.26. The molecule has 3 N–H and O–H groups in total. The van der Waals surface area contributed by atoms with Crippen molar-refractivity contribution < 1.29 is 4.79 Å². The summed E-state index contributed by atoms with van der Waals surface area (Å²) in [4.78, 5) is 12.4. The van der Waals surface area contributed by atoms with Gasteiger partial charge in [-0.1, -0.05) is 31.5 Å². The van der Waals surface area contributed by atoms with Crippen LogP contribution in [0.1, 0.15) is 48.7 Å². The molecule has 0 bridgehead atoms. The molecule has 0 aliphatic heterocycles. The maximum Gasteiger partial charge on any atom is 0.252 e. The average Bonchev–Trinajstić information content (AvgIpc) is 2.31. The van der Waals surface area contributed by atoms with Crippen molar-refractivity contribution in [3.8, 4) is 0 Å². The highest BCUT2D eigenvalue weighted by molar-refractivity contribution is 5.96. The standard InChI is InChI=1S/C16H26N2O.ClH/c1-11(2)9-16(5,10-17)18-15(19)14-8-12(3)6-7-13(14)4;/h6-8,11H,9-10,17H2,1-5H3,(H,18,19);1H. The largest absolute Gasteiger partial charge is 0.346 e. The summed E-state index contributed by atoms with van der Waals surface area (Å²) in [7, 11) is 0. The van der Waals surface area contributed by atoms with Gasteiger partial charge in [-0.3, -0.25) is 4.79 Å². The van der Waals surface area contributed by atoms with Gasteiger partial charge in [0.05, 0.1) is 0 Å². The number of rotatable bonds is 5. The summed E-state index contributed by atoms with van der Waals surface area (Å²) in [5.74, 6) is 0.460. The molecule has 0 spiro atoms. The topological polar surface area (TPSA) is 55.1 Å². The van der Waals surface area contributed by atoms with Gasteiger partial charge in [0.25, 0.3) is 5.91 Å². The van der Waals surface area contributed by atoms with E-state index in [9.17, 15) is 4.79 Å². The SMILES string of the molecule is Cc1ccc(C)c(C(=O)NC(C)(CN)CC(C)C)c1.Cl. The number of hydrogen-bond donors (Lipinski definition) is 2. The lowest BCUT2D eigenvalue weighted by atomic mass is 9.90. The van der Waals surface area contributed by atoms with Crippen molar-refractivity contribution in [2.24, 2.45) is 11.7 Å². The zero-order valence-electron chi connectivity index (χ0n) is 13.1. The number of carbonyl (C=O) groups excluding carboxylic acids is 1. The molecule has 4 heteroatoms. The zero-order valence-corrected chi connectivity index (χ0v) is 13.9. The van der Waals surface area contributed by atoms with E-state index >= 15 is 0 Å². The Hall–Kier alpha value is -1.06. The molecule has 0 radical (unpaired) electrons. The Morgan fingerprint density at radius 2 is 1.95 bits per heavy atom. The van der Waals surface area contributed by atoms with E-state index in [0.717, 1.165) is 23.1 Å². The first-order valence-electron chi connectivity index (χ1n) is 6.87. The number of carbonyl (C=O) groups is 1. The smallest absolute Gasteiger partial charge is 0.252 e. The van der Waals surface area contributed by atoms with E-state index in [0.29, 0.717) is 12.5 Å². The number of amides is 1. The predicted octanol–water partition coefficient (Wildman–Crippen LogP) is 3.22. The van der Waals surface area contributed by atoms with E-state index in [-0.39, 0.29) is 23.9 Å². The molecule has 1 rings (SSSR count). The minimum Gasteiger partial charge on any atom is -0.346 e. The Morgan fingerprint density at radius 1 is 1.35 bits per heavy atom. The fraction of sp³-hybridized carbons (Fsp3) is 0.562. The van der Waals surface area contributed by atoms with Gasteiger partial charge in [0.15, 0.2) is 0 Å². The van der Waals surface area contributed by atoms with Gasteiger partial charge in [-0.15, -0.1) is 12.4 Å². The molecule has 0 saturated carbocycles. The number of benzene rings is 1. The van der Waals surface area contributed by atoms with Crippen molar-refractivity contribution in [2.75, 3.05) is 6.54 Å². The van der Waals surface area contributed by atoms with E-state index in [1.54, 1.807) is 0 Å². The fourth-order valence-electron chi connectivity index (χ4n) is 2.41. The van der Waals surface area contributed by atoms with Crippen LogP contribution in [-0.4, -0.2) is 18.0 Å². The summed E-state index contributed by atoms with van der Waals surface area (Å²) in [6.07, 6.45) is 0.875. The third-order valence-electron chi connectivity index (χ3n) is 3.36. The molecule has 3 nitrogen and oxygen atoms in total. The normalized spacial score (nSPS) is 13.6. The Labute approximate surface area is 128 Å². The van der Waals surface area contributed by atoms with Gasteiger partial charge >= 0.3 is 0 Å². The summed E-state index contributed by atoms with van der Waals surface area (Å²) in [5, 5.41) is 3.09. The van der Waals surface area contributed by atoms with Gasteiger partial charge in [0.1, 0.15) is 0 Å². The van der Waals surface area contributed by atoms with Crippen LogP contribution in [0, 0.1) is 19.8 Å². The van der Waals surface area contributed by atoms with E-state index < -0.39 is 0 Å². The van der Waals surface area contributed by atoms with Crippen LogP contribution < -0.4 is 11.1 Å². The molecule has 1 amide bonds. The third kappa shape index (κ3) is 5.14. The van der Waals surface area contributed by atoms with Crippen LogP contribution in [0.15, 0.2) is 18.2 Å². The van der Waals surface area contributed by atoms with Gasteiger partial charge in [-0.25, -0.2) is 0 Å². The molecule has 0 fully saturated rings. The van der Waals surface area contributed by atoms with Crippen LogP contribution >= 0.6 is 12.4 Å². The van der Waals surface area contributed by atoms with Gasteiger partial charge in [0, 0.05) is 17.6 Å². The van der Waals surface area contributed by atoms with Crippen LogP contribution in [0.2, 0.25) is 0 Å². The van der Waals surface area contributed by atoms with Crippen LogP contribution in [0.5, 0.6) is 0 Å². The first-order valence-corrected chi connectivity index (χ1v) is 6.87. The first-order chi connectivity index (χ1) is 8.77. The van der Waals surface area contributed by atoms with Crippen LogP contribution in [0.3, 0.4) is 0 Å². The predicted molar refractivity (Wildman–Crippen MR) is 87.5 cm³/mol. The maximum atomic E-state index is 12.4. The molecule has 0 heterocycles. The van der Waals surface area contributed by atoms with Crippen molar-refractivity contribution in [1.29, 1.82) is 0 Å². The quantitative estimate of drug-likeness (QED) is 0.877. The van der Waals surface area contributed by atoms with Gasteiger partial charge in [-0.05, 0) is 44.7 Å². The molecule has 20 heavy (non-hydrogen) atoms. The molecule has 0 aliphatic carbocycles. The Kier molecular flexibility index (Phi) is 7.25. The molecule has 1 unspecified atom stereocenters. The lowest BCUT2D eigenvalue weighted by Crippen LogP contribution is -2.52. The van der Waals surface area contributed by atoms with Gasteiger partial charge < -0.3 is 11.1 Å². The lowest BCUT2D eigenvalue weighted by Gasteiger charge is -2.31. The highest BCUT2D eigenvalue weighted by Crippen LogP contribution is 2.17. The minimum atomic E-state index is -0.346. The average molecular weight is 299 g/mol. The number of halogens is 1. The van der Waals surface area contributed by atoms with Crippen LogP contribution in [0.25, 0.3) is 0 Å². The van der Waals surface area contributed by atoms with E-state index in [2.05, 4.69) is 19.2 Å². The molecular weight excluding hydrogens is 272 g/mol. The maximum absolute atomic E-state index is 12.4. The Bertz CT molecular complexity index is 460. The number of nitrogens with one attached hydrogen (secondary N) is 1. The van der Waals surface area contributed by atoms with Gasteiger partial charge in [-0.2, -0.15) is 0 Å². The second kappa shape index (κ2) is 7.65. The molecule has 1 aromatic carbocycles. The number of aryl methyl sites for hydroxylation is 2. The lowest BCUT2D eigenvalue weighted by molar-refractivity contribution is 0.0897. The summed E-state index contributed by atoms with van der Waals surface area (Å²) >= 11 is 0. The first kappa shape index (κ1) is 18.9. The summed E-state index contributed by atoms with van der Waals surface area (Å²) < 4.78 is 0. The fourth-order valence-corrected chi connectivity index (χ4v) is 2.41. The van der Waals surface area contributed by atoms with Crippen LogP contribution in [-0.2, 0) is 0 Å². The summed E-state index contributed by atoms with van der Waals surface area (Å²) in [6, 6.07) is 5.92. The molecular formula is C16H27ClN2O. The minimum absolute atomic E-state index is 0. The van der Waals surface area contributed by atoms with E-state index in [1.165, 1.54) is 0 Å². The molecule has 1 aromatic rings. The second-order valence-corrected chi connectivity index (χ2v) is 6.14. The Balaban J connectivity index is 0.00000361. The van der Waals surface area contributed by atoms with Crippen molar-refractivity contribution in [2.45, 2.75) is 46.6 Å². The van der Waals surface area contributed by atoms with E-state index in [1.807, 2.05) is 39.0 Å². The molecule has 0 saturated heterocycles. The summed E-state index contributed by atoms with van der Waals surface area (Å²) in [5.41, 5.74) is 8.31.